The number of nitrogens with zero attached hydrogens (tertiary/aromatic N) is 2. The number of halogens is 4. The van der Waals surface area contributed by atoms with Gasteiger partial charge < -0.3 is 0 Å². The van der Waals surface area contributed by atoms with E-state index in [-0.39, 0.29) is 36.9 Å². The van der Waals surface area contributed by atoms with Gasteiger partial charge >= 0.3 is 0 Å². The highest BCUT2D eigenvalue weighted by Gasteiger charge is 2.42. The summed E-state index contributed by atoms with van der Waals surface area (Å²) in [6.07, 6.45) is 0. The highest BCUT2D eigenvalue weighted by atomic mass is 35.5. The fourth-order valence-electron chi connectivity index (χ4n) is 2.27. The largest absolute Gasteiger partial charge is 0.268 e. The first-order valence-corrected chi connectivity index (χ1v) is 7.64. The van der Waals surface area contributed by atoms with Crippen molar-refractivity contribution in [3.05, 3.63) is 61.0 Å². The van der Waals surface area contributed by atoms with Crippen LogP contribution in [0.15, 0.2) is 24.3 Å². The van der Waals surface area contributed by atoms with E-state index in [4.69, 9.17) is 51.7 Å². The van der Waals surface area contributed by atoms with Crippen LogP contribution in [0.2, 0.25) is 20.1 Å². The quantitative estimate of drug-likeness (QED) is 0.395. The number of benzene rings is 2. The van der Waals surface area contributed by atoms with E-state index in [1.807, 2.05) is 6.07 Å². The van der Waals surface area contributed by atoms with Crippen LogP contribution in [0.5, 0.6) is 0 Å². The highest BCUT2D eigenvalue weighted by molar-refractivity contribution is 6.56. The molecule has 0 atom stereocenters. The van der Waals surface area contributed by atoms with Gasteiger partial charge in [0.15, 0.2) is 0 Å². The van der Waals surface area contributed by atoms with Crippen molar-refractivity contribution in [3.8, 4) is 6.07 Å². The second-order valence-electron chi connectivity index (χ2n) is 4.61. The first-order valence-electron chi connectivity index (χ1n) is 6.13. The molecular weight excluding hydrogens is 382 g/mol. The Bertz CT molecular complexity index is 870. The van der Waals surface area contributed by atoms with Crippen LogP contribution in [0, 0.1) is 11.3 Å². The molecule has 3 rings (SSSR count). The molecule has 0 saturated carbocycles. The van der Waals surface area contributed by atoms with Gasteiger partial charge in [-0.2, -0.15) is 5.26 Å². The number of imide groups is 1. The highest BCUT2D eigenvalue weighted by Crippen LogP contribution is 2.45. The molecule has 23 heavy (non-hydrogen) atoms. The van der Waals surface area contributed by atoms with Crippen molar-refractivity contribution in [2.45, 2.75) is 0 Å². The van der Waals surface area contributed by atoms with Gasteiger partial charge in [-0.15, -0.1) is 0 Å². The predicted molar refractivity (Wildman–Crippen MR) is 88.8 cm³/mol. The molecule has 0 aromatic heterocycles. The summed E-state index contributed by atoms with van der Waals surface area (Å²) in [5.41, 5.74) is 0.517. The fraction of sp³-hybridized carbons (Fsp3) is 0. The van der Waals surface area contributed by atoms with Crippen molar-refractivity contribution in [2.24, 2.45) is 0 Å². The monoisotopic (exact) mass is 384 g/mol. The van der Waals surface area contributed by atoms with E-state index >= 15 is 0 Å². The van der Waals surface area contributed by atoms with Crippen LogP contribution < -0.4 is 4.90 Å². The Kier molecular flexibility index (Phi) is 3.99. The molecule has 0 fully saturated rings. The van der Waals surface area contributed by atoms with Crippen molar-refractivity contribution in [2.75, 3.05) is 4.90 Å². The Morgan fingerprint density at radius 2 is 1.22 bits per heavy atom. The molecule has 0 unspecified atom stereocenters. The number of fused-ring (bicyclic) bond motifs is 1. The standard InChI is InChI=1S/C15H4Cl4N2O2/c16-10-8-9(11(17)13(19)12(10)18)15(23)21(14(8)22)7-3-1-6(5-20)2-4-7/h1-4H. The van der Waals surface area contributed by atoms with E-state index in [1.165, 1.54) is 24.3 Å². The molecule has 0 N–H and O–H groups in total. The van der Waals surface area contributed by atoms with E-state index in [1.54, 1.807) is 0 Å². The summed E-state index contributed by atoms with van der Waals surface area (Å²) in [6.45, 7) is 0. The van der Waals surface area contributed by atoms with Crippen molar-refractivity contribution >= 4 is 63.9 Å². The molecule has 0 aliphatic carbocycles. The minimum Gasteiger partial charge on any atom is -0.268 e. The lowest BCUT2D eigenvalue weighted by Crippen LogP contribution is -2.29. The Hall–Kier alpha value is -1.77. The second kappa shape index (κ2) is 5.70. The van der Waals surface area contributed by atoms with E-state index < -0.39 is 11.8 Å². The van der Waals surface area contributed by atoms with Crippen LogP contribution in [0.1, 0.15) is 26.3 Å². The smallest absolute Gasteiger partial charge is 0.267 e. The van der Waals surface area contributed by atoms with E-state index in [0.717, 1.165) is 4.90 Å². The lowest BCUT2D eigenvalue weighted by molar-refractivity contribution is 0.0926. The molecule has 2 aromatic carbocycles. The van der Waals surface area contributed by atoms with Crippen LogP contribution in [0.25, 0.3) is 0 Å². The molecule has 8 heteroatoms. The fourth-order valence-corrected chi connectivity index (χ4v) is 3.28. The van der Waals surface area contributed by atoms with Gasteiger partial charge in [-0.25, -0.2) is 4.90 Å². The van der Waals surface area contributed by atoms with Gasteiger partial charge in [0.2, 0.25) is 0 Å². The number of amides is 2. The van der Waals surface area contributed by atoms with Gasteiger partial charge in [-0.1, -0.05) is 46.4 Å². The van der Waals surface area contributed by atoms with Crippen molar-refractivity contribution in [1.29, 1.82) is 5.26 Å². The molecule has 114 valence electrons. The zero-order valence-electron chi connectivity index (χ0n) is 11.0. The lowest BCUT2D eigenvalue weighted by Gasteiger charge is -2.13. The molecule has 0 saturated heterocycles. The maximum atomic E-state index is 12.6. The summed E-state index contributed by atoms with van der Waals surface area (Å²) >= 11 is 24.0. The van der Waals surface area contributed by atoms with Crippen molar-refractivity contribution in [3.63, 3.8) is 0 Å². The topological polar surface area (TPSA) is 61.2 Å². The summed E-state index contributed by atoms with van der Waals surface area (Å²) in [6, 6.07) is 7.88. The lowest BCUT2D eigenvalue weighted by atomic mass is 10.1. The molecular formula is C15H4Cl4N2O2. The van der Waals surface area contributed by atoms with Crippen LogP contribution in [-0.2, 0) is 0 Å². The molecule has 0 radical (unpaired) electrons. The first kappa shape index (κ1) is 16.1. The van der Waals surface area contributed by atoms with Gasteiger partial charge in [0.25, 0.3) is 11.8 Å². The molecule has 1 aliphatic heterocycles. The van der Waals surface area contributed by atoms with Gasteiger partial charge in [-0.05, 0) is 24.3 Å². The maximum Gasteiger partial charge on any atom is 0.267 e. The average molecular weight is 386 g/mol. The first-order chi connectivity index (χ1) is 10.9. The third-order valence-corrected chi connectivity index (χ3v) is 5.16. The SMILES string of the molecule is N#Cc1ccc(N2C(=O)c3c(Cl)c(Cl)c(Cl)c(Cl)c3C2=O)cc1. The van der Waals surface area contributed by atoms with E-state index in [0.29, 0.717) is 5.56 Å². The summed E-state index contributed by atoms with van der Waals surface area (Å²) < 4.78 is 0. The number of hydrogen-bond acceptors (Lipinski definition) is 3. The summed E-state index contributed by atoms with van der Waals surface area (Å²) in [5.74, 6) is -1.31. The molecule has 2 amide bonds. The van der Waals surface area contributed by atoms with E-state index in [9.17, 15) is 9.59 Å². The third-order valence-electron chi connectivity index (χ3n) is 3.36. The Balaban J connectivity index is 2.20. The second-order valence-corrected chi connectivity index (χ2v) is 6.12. The molecule has 4 nitrogen and oxygen atoms in total. The summed E-state index contributed by atoms with van der Waals surface area (Å²) in [5, 5.41) is 8.41. The van der Waals surface area contributed by atoms with E-state index in [2.05, 4.69) is 0 Å². The molecule has 2 aromatic rings. The van der Waals surface area contributed by atoms with Gasteiger partial charge in [0, 0.05) is 0 Å². The average Bonchev–Trinajstić information content (AvgIpc) is 2.82. The van der Waals surface area contributed by atoms with Gasteiger partial charge in [0.1, 0.15) is 0 Å². The Morgan fingerprint density at radius 1 is 0.783 bits per heavy atom. The number of carbonyl (C=O) groups excluding carboxylic acids is 2. The normalized spacial score (nSPS) is 13.3. The van der Waals surface area contributed by atoms with Gasteiger partial charge in [-0.3, -0.25) is 9.59 Å². The number of hydrogen-bond donors (Lipinski definition) is 0. The minimum absolute atomic E-state index is 0.0829. The molecule has 1 heterocycles. The molecule has 1 aliphatic rings. The third kappa shape index (κ3) is 2.29. The summed E-state index contributed by atoms with van der Waals surface area (Å²) in [4.78, 5) is 26.1. The van der Waals surface area contributed by atoms with Crippen molar-refractivity contribution < 1.29 is 9.59 Å². The van der Waals surface area contributed by atoms with Crippen molar-refractivity contribution in [1.82, 2.24) is 0 Å². The summed E-state index contributed by atoms with van der Waals surface area (Å²) in [7, 11) is 0. The number of nitriles is 1. The Morgan fingerprint density at radius 3 is 1.61 bits per heavy atom. The van der Waals surface area contributed by atoms with Crippen LogP contribution >= 0.6 is 46.4 Å². The number of rotatable bonds is 1. The van der Waals surface area contributed by atoms with Gasteiger partial charge in [0.05, 0.1) is 48.5 Å². The van der Waals surface area contributed by atoms with Crippen LogP contribution in [-0.4, -0.2) is 11.8 Å². The maximum absolute atomic E-state index is 12.6. The van der Waals surface area contributed by atoms with Crippen LogP contribution in [0.3, 0.4) is 0 Å². The number of anilines is 1. The molecule has 0 spiro atoms. The van der Waals surface area contributed by atoms with Crippen LogP contribution in [0.4, 0.5) is 5.69 Å². The minimum atomic E-state index is -0.653. The zero-order chi connectivity index (χ0) is 16.9. The predicted octanol–water partition coefficient (Wildman–Crippen LogP) is 4.97. The number of carbonyl (C=O) groups is 2. The zero-order valence-corrected chi connectivity index (χ0v) is 14.1. The molecule has 0 bridgehead atoms. The Labute approximate surface area is 150 Å².